The van der Waals surface area contributed by atoms with Crippen molar-refractivity contribution in [3.8, 4) is 12.3 Å². The van der Waals surface area contributed by atoms with Crippen molar-refractivity contribution in [2.24, 2.45) is 5.41 Å². The molecular formula is C11H16N2O3. The standard InChI is InChI=1S/C11H16N2O3/c1-2-6-12-10(16)13-8-11(4-3-5-11)7-9(14)15/h1H,3-8H2,(H,14,15)(H2,12,13,16). The van der Waals surface area contributed by atoms with Gasteiger partial charge in [0.2, 0.25) is 0 Å². The van der Waals surface area contributed by atoms with E-state index < -0.39 is 5.97 Å². The quantitative estimate of drug-likeness (QED) is 0.597. The molecule has 5 nitrogen and oxygen atoms in total. The Morgan fingerprint density at radius 2 is 2.06 bits per heavy atom. The van der Waals surface area contributed by atoms with Crippen LogP contribution in [0.25, 0.3) is 0 Å². The molecule has 2 amide bonds. The lowest BCUT2D eigenvalue weighted by molar-refractivity contribution is -0.141. The first-order valence-corrected chi connectivity index (χ1v) is 5.25. The van der Waals surface area contributed by atoms with E-state index in [2.05, 4.69) is 16.6 Å². The van der Waals surface area contributed by atoms with Gasteiger partial charge in [-0.2, -0.15) is 0 Å². The van der Waals surface area contributed by atoms with Gasteiger partial charge in [-0.15, -0.1) is 6.42 Å². The lowest BCUT2D eigenvalue weighted by atomic mass is 9.66. The van der Waals surface area contributed by atoms with Gasteiger partial charge in [0, 0.05) is 6.54 Å². The van der Waals surface area contributed by atoms with Crippen LogP contribution < -0.4 is 10.6 Å². The second-order valence-corrected chi connectivity index (χ2v) is 4.16. The molecule has 1 aliphatic carbocycles. The van der Waals surface area contributed by atoms with Crippen LogP contribution in [0.2, 0.25) is 0 Å². The molecule has 0 saturated heterocycles. The molecule has 1 saturated carbocycles. The first kappa shape index (κ1) is 12.4. The fraction of sp³-hybridized carbons (Fsp3) is 0.636. The first-order chi connectivity index (χ1) is 7.58. The number of aliphatic carboxylic acids is 1. The maximum atomic E-state index is 11.2. The summed E-state index contributed by atoms with van der Waals surface area (Å²) in [5.74, 6) is 1.48. The molecule has 0 spiro atoms. The summed E-state index contributed by atoms with van der Waals surface area (Å²) < 4.78 is 0. The summed E-state index contributed by atoms with van der Waals surface area (Å²) in [6.45, 7) is 0.577. The minimum absolute atomic E-state index is 0.114. The van der Waals surface area contributed by atoms with Crippen LogP contribution in [0.4, 0.5) is 4.79 Å². The Morgan fingerprint density at radius 3 is 2.50 bits per heavy atom. The Balaban J connectivity index is 2.32. The fourth-order valence-corrected chi connectivity index (χ4v) is 1.88. The Bertz CT molecular complexity index is 316. The molecule has 0 atom stereocenters. The van der Waals surface area contributed by atoms with Gasteiger partial charge in [0.25, 0.3) is 0 Å². The Kier molecular flexibility index (Phi) is 4.18. The van der Waals surface area contributed by atoms with E-state index in [0.717, 1.165) is 19.3 Å². The molecule has 0 aromatic rings. The number of terminal acetylenes is 1. The van der Waals surface area contributed by atoms with Crippen molar-refractivity contribution < 1.29 is 14.7 Å². The molecule has 0 bridgehead atoms. The number of carboxylic acids is 1. The lowest BCUT2D eigenvalue weighted by Gasteiger charge is -2.40. The van der Waals surface area contributed by atoms with E-state index >= 15 is 0 Å². The van der Waals surface area contributed by atoms with E-state index in [4.69, 9.17) is 11.5 Å². The molecule has 3 N–H and O–H groups in total. The number of hydrogen-bond donors (Lipinski definition) is 3. The van der Waals surface area contributed by atoms with Crippen molar-refractivity contribution in [2.45, 2.75) is 25.7 Å². The van der Waals surface area contributed by atoms with Crippen LogP contribution in [0.15, 0.2) is 0 Å². The predicted octanol–water partition coefficient (Wildman–Crippen LogP) is 0.564. The zero-order valence-corrected chi connectivity index (χ0v) is 9.08. The van der Waals surface area contributed by atoms with Gasteiger partial charge >= 0.3 is 12.0 Å². The normalized spacial score (nSPS) is 16.7. The van der Waals surface area contributed by atoms with Gasteiger partial charge in [-0.1, -0.05) is 12.3 Å². The van der Waals surface area contributed by atoms with Crippen LogP contribution in [0.1, 0.15) is 25.7 Å². The molecule has 0 aromatic carbocycles. The van der Waals surface area contributed by atoms with Gasteiger partial charge in [0.1, 0.15) is 0 Å². The smallest absolute Gasteiger partial charge is 0.315 e. The largest absolute Gasteiger partial charge is 0.481 e. The van der Waals surface area contributed by atoms with E-state index in [1.165, 1.54) is 0 Å². The number of carbonyl (C=O) groups excluding carboxylic acids is 1. The average Bonchev–Trinajstić information content (AvgIpc) is 2.18. The zero-order chi connectivity index (χ0) is 12.0. The summed E-state index contributed by atoms with van der Waals surface area (Å²) >= 11 is 0. The molecule has 0 unspecified atom stereocenters. The molecule has 0 radical (unpaired) electrons. The van der Waals surface area contributed by atoms with Gasteiger partial charge in [-0.05, 0) is 18.3 Å². The first-order valence-electron chi connectivity index (χ1n) is 5.25. The van der Waals surface area contributed by atoms with Crippen molar-refractivity contribution in [2.75, 3.05) is 13.1 Å². The third-order valence-corrected chi connectivity index (χ3v) is 2.92. The van der Waals surface area contributed by atoms with Gasteiger partial charge in [-0.25, -0.2) is 4.79 Å². The summed E-state index contributed by atoms with van der Waals surface area (Å²) in [4.78, 5) is 21.9. The Labute approximate surface area is 94.6 Å². The summed E-state index contributed by atoms with van der Waals surface area (Å²) in [6, 6.07) is -0.338. The number of carboxylic acid groups (broad SMARTS) is 1. The van der Waals surface area contributed by atoms with Crippen molar-refractivity contribution in [3.05, 3.63) is 0 Å². The topological polar surface area (TPSA) is 78.4 Å². The van der Waals surface area contributed by atoms with Crippen LogP contribution in [0.5, 0.6) is 0 Å². The van der Waals surface area contributed by atoms with Crippen molar-refractivity contribution in [1.82, 2.24) is 10.6 Å². The van der Waals surface area contributed by atoms with E-state index in [9.17, 15) is 9.59 Å². The number of rotatable bonds is 5. The molecular weight excluding hydrogens is 208 g/mol. The molecule has 1 rings (SSSR count). The van der Waals surface area contributed by atoms with Crippen LogP contribution in [-0.2, 0) is 4.79 Å². The summed E-state index contributed by atoms with van der Waals surface area (Å²) in [5, 5.41) is 13.9. The van der Waals surface area contributed by atoms with Crippen molar-refractivity contribution in [1.29, 1.82) is 0 Å². The van der Waals surface area contributed by atoms with Gasteiger partial charge in [-0.3, -0.25) is 4.79 Å². The number of nitrogens with one attached hydrogen (secondary N) is 2. The monoisotopic (exact) mass is 224 g/mol. The predicted molar refractivity (Wildman–Crippen MR) is 58.8 cm³/mol. The third kappa shape index (κ3) is 3.46. The molecule has 88 valence electrons. The SMILES string of the molecule is C#CCNC(=O)NCC1(CC(=O)O)CCC1. The molecule has 1 fully saturated rings. The second-order valence-electron chi connectivity index (χ2n) is 4.16. The maximum Gasteiger partial charge on any atom is 0.315 e. The van der Waals surface area contributed by atoms with Gasteiger partial charge in [0.05, 0.1) is 13.0 Å². The van der Waals surface area contributed by atoms with Gasteiger partial charge < -0.3 is 15.7 Å². The number of urea groups is 1. The van der Waals surface area contributed by atoms with E-state index in [-0.39, 0.29) is 24.4 Å². The van der Waals surface area contributed by atoms with Crippen molar-refractivity contribution >= 4 is 12.0 Å². The lowest BCUT2D eigenvalue weighted by Crippen LogP contribution is -2.46. The summed E-state index contributed by atoms with van der Waals surface area (Å²) in [6.07, 6.45) is 7.85. The molecule has 1 aliphatic rings. The van der Waals surface area contributed by atoms with E-state index in [1.807, 2.05) is 0 Å². The second kappa shape index (κ2) is 5.40. The molecule has 0 aromatic heterocycles. The maximum absolute atomic E-state index is 11.2. The fourth-order valence-electron chi connectivity index (χ4n) is 1.88. The summed E-state index contributed by atoms with van der Waals surface area (Å²) in [5.41, 5.74) is -0.251. The van der Waals surface area contributed by atoms with Crippen LogP contribution in [0, 0.1) is 17.8 Å². The highest BCUT2D eigenvalue weighted by Crippen LogP contribution is 2.43. The highest BCUT2D eigenvalue weighted by atomic mass is 16.4. The minimum atomic E-state index is -0.814. The molecule has 0 heterocycles. The Morgan fingerprint density at radius 1 is 1.38 bits per heavy atom. The van der Waals surface area contributed by atoms with E-state index in [1.54, 1.807) is 0 Å². The number of hydrogen-bond acceptors (Lipinski definition) is 2. The zero-order valence-electron chi connectivity index (χ0n) is 9.08. The van der Waals surface area contributed by atoms with Gasteiger partial charge in [0.15, 0.2) is 0 Å². The van der Waals surface area contributed by atoms with Crippen LogP contribution in [0.3, 0.4) is 0 Å². The minimum Gasteiger partial charge on any atom is -0.481 e. The molecule has 5 heteroatoms. The highest BCUT2D eigenvalue weighted by molar-refractivity contribution is 5.74. The van der Waals surface area contributed by atoms with Crippen molar-refractivity contribution in [3.63, 3.8) is 0 Å². The third-order valence-electron chi connectivity index (χ3n) is 2.92. The average molecular weight is 224 g/mol. The molecule has 16 heavy (non-hydrogen) atoms. The van der Waals surface area contributed by atoms with Crippen LogP contribution >= 0.6 is 0 Å². The summed E-state index contributed by atoms with van der Waals surface area (Å²) in [7, 11) is 0. The van der Waals surface area contributed by atoms with E-state index in [0.29, 0.717) is 6.54 Å². The number of amides is 2. The van der Waals surface area contributed by atoms with Crippen LogP contribution in [-0.4, -0.2) is 30.2 Å². The Hall–Kier alpha value is -1.70. The number of carbonyl (C=O) groups is 2. The highest BCUT2D eigenvalue weighted by Gasteiger charge is 2.39. The molecule has 0 aliphatic heterocycles.